The molecule has 0 aliphatic heterocycles. The molecule has 0 aromatic rings. The molecule has 0 aliphatic carbocycles. The zero-order chi connectivity index (χ0) is 20.1. The SMILES string of the molecule is CCCCCC[Si](C)(C)C.CCCCCC[Si](C)(C)C.II.[CH2-]C.[Y]. The molecule has 155 valence electrons. The number of rotatable bonds is 10. The van der Waals surface area contributed by atoms with Crippen LogP contribution in [0.25, 0.3) is 0 Å². The number of hydrogen-bond acceptors (Lipinski definition) is 0. The molecular formula is C20H49I2Si2Y-. The largest absolute Gasteiger partial charge is 0.346 e. The quantitative estimate of drug-likeness (QED) is 0.0928. The molecule has 25 heavy (non-hydrogen) atoms. The van der Waals surface area contributed by atoms with Gasteiger partial charge in [0.2, 0.25) is 0 Å². The van der Waals surface area contributed by atoms with Crippen molar-refractivity contribution in [1.29, 1.82) is 0 Å². The predicted molar refractivity (Wildman–Crippen MR) is 144 cm³/mol. The van der Waals surface area contributed by atoms with Crippen LogP contribution in [0.4, 0.5) is 0 Å². The molecule has 0 atom stereocenters. The van der Waals surface area contributed by atoms with Crippen LogP contribution < -0.4 is 0 Å². The van der Waals surface area contributed by atoms with E-state index in [0.29, 0.717) is 0 Å². The Bertz CT molecular complexity index is 181. The second kappa shape index (κ2) is 29.2. The van der Waals surface area contributed by atoms with Crippen molar-refractivity contribution < 1.29 is 32.7 Å². The van der Waals surface area contributed by atoms with Crippen molar-refractivity contribution in [3.05, 3.63) is 6.92 Å². The van der Waals surface area contributed by atoms with Crippen LogP contribution in [0, 0.1) is 6.92 Å². The molecule has 0 aromatic carbocycles. The van der Waals surface area contributed by atoms with Gasteiger partial charge in [0.05, 0.1) is 0 Å². The van der Waals surface area contributed by atoms with Crippen molar-refractivity contribution >= 4 is 53.4 Å². The molecule has 0 amide bonds. The molecule has 0 heterocycles. The van der Waals surface area contributed by atoms with E-state index in [2.05, 4.69) is 97.3 Å². The molecule has 0 nitrogen and oxygen atoms in total. The van der Waals surface area contributed by atoms with E-state index in [1.54, 1.807) is 6.92 Å². The van der Waals surface area contributed by atoms with E-state index < -0.39 is 16.1 Å². The van der Waals surface area contributed by atoms with Crippen molar-refractivity contribution in [3.8, 4) is 0 Å². The van der Waals surface area contributed by atoms with Gasteiger partial charge in [-0.3, -0.25) is 0 Å². The topological polar surface area (TPSA) is 0 Å². The van der Waals surface area contributed by atoms with Crippen LogP contribution in [0.3, 0.4) is 0 Å². The molecule has 0 rings (SSSR count). The molecule has 0 aliphatic rings. The summed E-state index contributed by atoms with van der Waals surface area (Å²) in [6.45, 7) is 24.3. The first-order valence-electron chi connectivity index (χ1n) is 9.97. The third-order valence-electron chi connectivity index (χ3n) is 3.56. The minimum absolute atomic E-state index is 0. The molecule has 0 saturated heterocycles. The van der Waals surface area contributed by atoms with E-state index in [1.165, 1.54) is 63.5 Å². The summed E-state index contributed by atoms with van der Waals surface area (Å²) in [7, 11) is -1.41. The zero-order valence-electron chi connectivity index (χ0n) is 19.1. The summed E-state index contributed by atoms with van der Waals surface area (Å²) in [6.07, 6.45) is 11.5. The molecule has 0 N–H and O–H groups in total. The molecule has 0 unspecified atom stereocenters. The molecular weight excluding hydrogens is 639 g/mol. The Labute approximate surface area is 213 Å². The standard InChI is InChI=1S/2C9H22Si.C2H5.I2.Y/c2*1-5-6-7-8-9-10(2,3)4;2*1-2;/h2*5-9H2,1-4H3;1H2,2H3;;/q;;-1;;. The number of halogens is 2. The summed E-state index contributed by atoms with van der Waals surface area (Å²) in [5, 5.41) is 0. The van der Waals surface area contributed by atoms with Gasteiger partial charge >= 0.3 is 0 Å². The van der Waals surface area contributed by atoms with Gasteiger partial charge in [0, 0.05) is 86.1 Å². The van der Waals surface area contributed by atoms with Gasteiger partial charge in [0.15, 0.2) is 0 Å². The van der Waals surface area contributed by atoms with Crippen molar-refractivity contribution in [2.75, 3.05) is 0 Å². The van der Waals surface area contributed by atoms with Gasteiger partial charge in [-0.1, -0.05) is 117 Å². The molecule has 5 heteroatoms. The van der Waals surface area contributed by atoms with Gasteiger partial charge in [-0.25, -0.2) is 0 Å². The van der Waals surface area contributed by atoms with E-state index in [4.69, 9.17) is 0 Å². The van der Waals surface area contributed by atoms with Crippen LogP contribution in [-0.4, -0.2) is 16.1 Å². The van der Waals surface area contributed by atoms with Crippen molar-refractivity contribution in [2.45, 2.75) is 124 Å². The first-order valence-corrected chi connectivity index (χ1v) is 23.7. The van der Waals surface area contributed by atoms with E-state index in [0.717, 1.165) is 0 Å². The summed E-state index contributed by atoms with van der Waals surface area (Å²) >= 11 is 4.24. The fraction of sp³-hybridized carbons (Fsp3) is 0.950. The Morgan fingerprint density at radius 3 is 0.960 bits per heavy atom. The Morgan fingerprint density at radius 2 is 0.800 bits per heavy atom. The van der Waals surface area contributed by atoms with Crippen LogP contribution >= 0.6 is 37.2 Å². The third kappa shape index (κ3) is 58.4. The molecule has 1 radical (unpaired) electrons. The maximum atomic E-state index is 3.25. The van der Waals surface area contributed by atoms with Crippen LogP contribution in [0.5, 0.6) is 0 Å². The summed E-state index contributed by atoms with van der Waals surface area (Å²) in [4.78, 5) is 0. The average molecular weight is 688 g/mol. The first kappa shape index (κ1) is 38.6. The van der Waals surface area contributed by atoms with Crippen molar-refractivity contribution in [2.24, 2.45) is 0 Å². The maximum Gasteiger partial charge on any atom is 0.0442 e. The van der Waals surface area contributed by atoms with Crippen molar-refractivity contribution in [1.82, 2.24) is 0 Å². The second-order valence-electron chi connectivity index (χ2n) is 8.74. The Kier molecular flexibility index (Phi) is 45.1. The van der Waals surface area contributed by atoms with Gasteiger partial charge < -0.3 is 6.92 Å². The zero-order valence-corrected chi connectivity index (χ0v) is 28.3. The van der Waals surface area contributed by atoms with Gasteiger partial charge in [-0.15, -0.1) is 0 Å². The molecule has 0 fully saturated rings. The van der Waals surface area contributed by atoms with Crippen LogP contribution in [0.2, 0.25) is 51.4 Å². The monoisotopic (exact) mass is 688 g/mol. The second-order valence-corrected chi connectivity index (χ2v) is 20.0. The smallest absolute Gasteiger partial charge is 0.0442 e. The Hall–Kier alpha value is 3.00. The molecule has 0 spiro atoms. The minimum Gasteiger partial charge on any atom is -0.346 e. The van der Waals surface area contributed by atoms with Crippen LogP contribution in [0.1, 0.15) is 72.1 Å². The third-order valence-corrected chi connectivity index (χ3v) is 7.27. The first-order chi connectivity index (χ1) is 11.1. The minimum atomic E-state index is -0.707. The summed E-state index contributed by atoms with van der Waals surface area (Å²) in [6, 6.07) is 3.04. The summed E-state index contributed by atoms with van der Waals surface area (Å²) in [5.74, 6) is 0. The van der Waals surface area contributed by atoms with Crippen molar-refractivity contribution in [3.63, 3.8) is 0 Å². The van der Waals surface area contributed by atoms with Gasteiger partial charge in [0.1, 0.15) is 0 Å². The van der Waals surface area contributed by atoms with Gasteiger partial charge in [0.25, 0.3) is 0 Å². The maximum absolute atomic E-state index is 3.25. The van der Waals surface area contributed by atoms with E-state index >= 15 is 0 Å². The van der Waals surface area contributed by atoms with Gasteiger partial charge in [-0.2, -0.15) is 6.92 Å². The predicted octanol–water partition coefficient (Wildman–Crippen LogP) is 10.4. The normalized spacial score (nSPS) is 10.1. The van der Waals surface area contributed by atoms with Gasteiger partial charge in [-0.05, 0) is 0 Å². The molecule has 0 saturated carbocycles. The van der Waals surface area contributed by atoms with E-state index in [-0.39, 0.29) is 32.7 Å². The number of unbranched alkanes of at least 4 members (excludes halogenated alkanes) is 6. The fourth-order valence-electron chi connectivity index (χ4n) is 2.16. The Morgan fingerprint density at radius 1 is 0.560 bits per heavy atom. The molecule has 0 aromatic heterocycles. The Balaban J connectivity index is -0.0000000858. The molecule has 0 bridgehead atoms. The van der Waals surface area contributed by atoms with Crippen LogP contribution in [0.15, 0.2) is 0 Å². The van der Waals surface area contributed by atoms with E-state index in [1.807, 2.05) is 0 Å². The fourth-order valence-corrected chi connectivity index (χ4v) is 4.79. The summed E-state index contributed by atoms with van der Waals surface area (Å²) in [5.41, 5.74) is 0. The number of hydrogen-bond donors (Lipinski definition) is 0. The average Bonchev–Trinajstić information content (AvgIpc) is 2.51. The van der Waals surface area contributed by atoms with Crippen LogP contribution in [-0.2, 0) is 32.7 Å². The summed E-state index contributed by atoms with van der Waals surface area (Å²) < 4.78 is 0. The van der Waals surface area contributed by atoms with E-state index in [9.17, 15) is 0 Å².